The van der Waals surface area contributed by atoms with Gasteiger partial charge < -0.3 is 34.5 Å². The third kappa shape index (κ3) is 9.68. The molecule has 4 aromatic rings. The van der Waals surface area contributed by atoms with Crippen LogP contribution >= 0.6 is 0 Å². The minimum Gasteiger partial charge on any atom is -0.492 e. The van der Waals surface area contributed by atoms with Crippen LogP contribution < -0.4 is 10.1 Å². The van der Waals surface area contributed by atoms with E-state index in [-0.39, 0.29) is 25.3 Å². The van der Waals surface area contributed by atoms with E-state index in [0.29, 0.717) is 31.7 Å². The van der Waals surface area contributed by atoms with Gasteiger partial charge in [0.15, 0.2) is 0 Å². The first-order valence-electron chi connectivity index (χ1n) is 16.5. The topological polar surface area (TPSA) is 126 Å². The van der Waals surface area contributed by atoms with Crippen LogP contribution in [0.4, 0.5) is 4.79 Å². The zero-order chi connectivity index (χ0) is 34.1. The number of hydrogen-bond acceptors (Lipinski definition) is 7. The van der Waals surface area contributed by atoms with E-state index in [1.54, 1.807) is 38.2 Å². The molecule has 0 spiro atoms. The number of rotatable bonds is 14. The molecule has 4 atom stereocenters. The van der Waals surface area contributed by atoms with Crippen LogP contribution in [0.25, 0.3) is 0 Å². The highest BCUT2D eigenvalue weighted by atomic mass is 16.6. The van der Waals surface area contributed by atoms with Gasteiger partial charge in [0.25, 0.3) is 0 Å². The van der Waals surface area contributed by atoms with Gasteiger partial charge in [-0.3, -0.25) is 4.79 Å². The maximum absolute atomic E-state index is 14.1. The van der Waals surface area contributed by atoms with Crippen LogP contribution in [0.2, 0.25) is 0 Å². The van der Waals surface area contributed by atoms with E-state index in [1.807, 2.05) is 89.6 Å². The number of carbonyl (C=O) groups excluding carboxylic acids is 2. The SMILES string of the molecule is CC(C)(C)OC(=O)N[C@@H](Cc1ccccc1)[C@@H](O)CCC(=O)N(Cc1ccc(OCCn2ccnc2)cc1)[C@H]1c2ccccc2C[C@H]1O. The second kappa shape index (κ2) is 16.0. The molecule has 48 heavy (non-hydrogen) atoms. The maximum atomic E-state index is 14.1. The molecule has 0 saturated carbocycles. The Kier molecular flexibility index (Phi) is 11.5. The predicted octanol–water partition coefficient (Wildman–Crippen LogP) is 5.23. The van der Waals surface area contributed by atoms with Gasteiger partial charge in [-0.15, -0.1) is 0 Å². The van der Waals surface area contributed by atoms with Crippen LogP contribution in [0.3, 0.4) is 0 Å². The lowest BCUT2D eigenvalue weighted by Crippen LogP contribution is -2.47. The van der Waals surface area contributed by atoms with Gasteiger partial charge in [0.2, 0.25) is 5.91 Å². The standard InChI is InChI=1S/C38H46N4O6/c1-38(2,3)48-37(46)40-32(23-27-9-5-4-6-10-27)33(43)17-18-35(45)42(36-31-12-8-7-11-29(31)24-34(36)44)25-28-13-15-30(16-14-28)47-22-21-41-20-19-39-26-41/h4-16,19-20,26,32-34,36,43-44H,17-18,21-25H2,1-3H3,(H,40,46)/t32-,33-,34+,36-/m0/s1. The Morgan fingerprint density at radius 2 is 1.75 bits per heavy atom. The predicted molar refractivity (Wildman–Crippen MR) is 182 cm³/mol. The largest absolute Gasteiger partial charge is 0.492 e. The van der Waals surface area contributed by atoms with E-state index in [9.17, 15) is 19.8 Å². The van der Waals surface area contributed by atoms with E-state index in [0.717, 1.165) is 22.3 Å². The molecule has 0 fully saturated rings. The fourth-order valence-electron chi connectivity index (χ4n) is 6.07. The fraction of sp³-hybridized carbons (Fsp3) is 0.395. The van der Waals surface area contributed by atoms with Crippen molar-refractivity contribution in [3.8, 4) is 5.75 Å². The van der Waals surface area contributed by atoms with Gasteiger partial charge in [-0.05, 0) is 68.0 Å². The molecule has 1 heterocycles. The van der Waals surface area contributed by atoms with Gasteiger partial charge >= 0.3 is 6.09 Å². The summed E-state index contributed by atoms with van der Waals surface area (Å²) in [5.74, 6) is 0.513. The molecule has 0 bridgehead atoms. The molecule has 1 aliphatic rings. The quantitative estimate of drug-likeness (QED) is 0.170. The number of imidazole rings is 1. The van der Waals surface area contributed by atoms with Crippen molar-refractivity contribution >= 4 is 12.0 Å². The van der Waals surface area contributed by atoms with Gasteiger partial charge in [0, 0.05) is 31.8 Å². The Hall–Kier alpha value is -4.67. The minimum absolute atomic E-state index is 0.0171. The minimum atomic E-state index is -1.02. The summed E-state index contributed by atoms with van der Waals surface area (Å²) in [5.41, 5.74) is 3.05. The fourth-order valence-corrected chi connectivity index (χ4v) is 6.07. The van der Waals surface area contributed by atoms with Crippen molar-refractivity contribution in [2.45, 2.75) is 89.4 Å². The highest BCUT2D eigenvalue weighted by Gasteiger charge is 2.38. The lowest BCUT2D eigenvalue weighted by molar-refractivity contribution is -0.137. The van der Waals surface area contributed by atoms with Crippen molar-refractivity contribution in [3.05, 3.63) is 120 Å². The zero-order valence-corrected chi connectivity index (χ0v) is 27.9. The number of aromatic nitrogens is 2. The van der Waals surface area contributed by atoms with Gasteiger partial charge in [-0.1, -0.05) is 66.7 Å². The summed E-state index contributed by atoms with van der Waals surface area (Å²) in [6.45, 7) is 6.77. The number of nitrogens with one attached hydrogen (secondary N) is 1. The van der Waals surface area contributed by atoms with Gasteiger partial charge in [0.1, 0.15) is 18.0 Å². The van der Waals surface area contributed by atoms with Crippen molar-refractivity contribution in [3.63, 3.8) is 0 Å². The van der Waals surface area contributed by atoms with E-state index in [1.165, 1.54) is 0 Å². The molecule has 5 rings (SSSR count). The molecule has 254 valence electrons. The number of aliphatic hydroxyl groups is 2. The molecule has 1 aromatic heterocycles. The molecular weight excluding hydrogens is 608 g/mol. The van der Waals surface area contributed by atoms with Crippen molar-refractivity contribution in [1.29, 1.82) is 0 Å². The molecule has 10 heteroatoms. The van der Waals surface area contributed by atoms with Crippen LogP contribution in [0, 0.1) is 0 Å². The summed E-state index contributed by atoms with van der Waals surface area (Å²) >= 11 is 0. The Labute approximate surface area is 282 Å². The Morgan fingerprint density at radius 3 is 2.46 bits per heavy atom. The van der Waals surface area contributed by atoms with Crippen LogP contribution in [0.5, 0.6) is 5.75 Å². The zero-order valence-electron chi connectivity index (χ0n) is 27.9. The van der Waals surface area contributed by atoms with Gasteiger partial charge in [0.05, 0.1) is 37.2 Å². The van der Waals surface area contributed by atoms with Crippen molar-refractivity contribution in [1.82, 2.24) is 19.8 Å². The maximum Gasteiger partial charge on any atom is 0.407 e. The van der Waals surface area contributed by atoms with Gasteiger partial charge in [-0.2, -0.15) is 0 Å². The Morgan fingerprint density at radius 1 is 1.02 bits per heavy atom. The first-order valence-corrected chi connectivity index (χ1v) is 16.5. The highest BCUT2D eigenvalue weighted by molar-refractivity contribution is 5.77. The molecule has 0 radical (unpaired) electrons. The van der Waals surface area contributed by atoms with Crippen LogP contribution in [0.15, 0.2) is 97.6 Å². The molecule has 1 aliphatic carbocycles. The third-order valence-electron chi connectivity index (χ3n) is 8.40. The number of aliphatic hydroxyl groups excluding tert-OH is 2. The van der Waals surface area contributed by atoms with Crippen molar-refractivity contribution in [2.24, 2.45) is 0 Å². The number of nitrogens with zero attached hydrogens (tertiary/aromatic N) is 3. The molecule has 0 saturated heterocycles. The van der Waals surface area contributed by atoms with Gasteiger partial charge in [-0.25, -0.2) is 9.78 Å². The van der Waals surface area contributed by atoms with Crippen molar-refractivity contribution < 1.29 is 29.3 Å². The molecule has 3 N–H and O–H groups in total. The molecule has 0 unspecified atom stereocenters. The monoisotopic (exact) mass is 654 g/mol. The highest BCUT2D eigenvalue weighted by Crippen LogP contribution is 2.37. The number of carbonyl (C=O) groups is 2. The average Bonchev–Trinajstić information content (AvgIpc) is 3.69. The summed E-state index contributed by atoms with van der Waals surface area (Å²) in [6, 6.07) is 23.8. The number of ether oxygens (including phenoxy) is 2. The second-order valence-corrected chi connectivity index (χ2v) is 13.3. The molecule has 2 amide bonds. The summed E-state index contributed by atoms with van der Waals surface area (Å²) in [7, 11) is 0. The lowest BCUT2D eigenvalue weighted by atomic mass is 9.97. The molecule has 10 nitrogen and oxygen atoms in total. The molecular formula is C38H46N4O6. The van der Waals surface area contributed by atoms with E-state index < -0.39 is 36.0 Å². The summed E-state index contributed by atoms with van der Waals surface area (Å²) in [5, 5.41) is 25.4. The molecule has 0 aliphatic heterocycles. The summed E-state index contributed by atoms with van der Waals surface area (Å²) < 4.78 is 13.3. The number of alkyl carbamates (subject to hydrolysis) is 1. The third-order valence-corrected chi connectivity index (χ3v) is 8.40. The Balaban J connectivity index is 1.29. The first-order chi connectivity index (χ1) is 23.1. The number of hydrogen-bond donors (Lipinski definition) is 3. The van der Waals surface area contributed by atoms with Crippen LogP contribution in [-0.2, 0) is 35.5 Å². The normalized spacial score (nSPS) is 16.9. The molecule has 3 aromatic carbocycles. The average molecular weight is 655 g/mol. The van der Waals surface area contributed by atoms with E-state index in [4.69, 9.17) is 9.47 Å². The lowest BCUT2D eigenvalue weighted by Gasteiger charge is -2.33. The summed E-state index contributed by atoms with van der Waals surface area (Å²) in [6.07, 6.45) is 3.88. The summed E-state index contributed by atoms with van der Waals surface area (Å²) in [4.78, 5) is 32.5. The second-order valence-electron chi connectivity index (χ2n) is 13.3. The van der Waals surface area contributed by atoms with E-state index >= 15 is 0 Å². The van der Waals surface area contributed by atoms with E-state index in [2.05, 4.69) is 10.3 Å². The van der Waals surface area contributed by atoms with Crippen LogP contribution in [0.1, 0.15) is 61.9 Å². The number of fused-ring (bicyclic) bond motifs is 1. The van der Waals surface area contributed by atoms with Crippen LogP contribution in [-0.4, -0.2) is 67.1 Å². The number of amides is 2. The smallest absolute Gasteiger partial charge is 0.407 e. The Bertz CT molecular complexity index is 1600. The van der Waals surface area contributed by atoms with Crippen molar-refractivity contribution in [2.75, 3.05) is 6.61 Å². The number of benzene rings is 3. The first kappa shape index (κ1) is 34.7.